The molecular weight excluding hydrogens is 216 g/mol. The minimum atomic E-state index is 0.311. The Kier molecular flexibility index (Phi) is 3.70. The molecule has 0 spiro atoms. The van der Waals surface area contributed by atoms with Crippen molar-refractivity contribution < 1.29 is 0 Å². The van der Waals surface area contributed by atoms with E-state index < -0.39 is 0 Å². The molecule has 16 heavy (non-hydrogen) atoms. The average Bonchev–Trinajstić information content (AvgIpc) is 2.81. The van der Waals surface area contributed by atoms with Crippen LogP contribution in [0.5, 0.6) is 0 Å². The first-order valence-electron chi connectivity index (χ1n) is 5.43. The standard InChI is InChI=1S/C13H16N2S/c1-10-5-3-4-6-12(10)7-14-11(2)13-8-16-9-15-13/h3-6,8-9,11,14H,7H2,1-2H3. The van der Waals surface area contributed by atoms with Crippen molar-refractivity contribution in [3.63, 3.8) is 0 Å². The lowest BCUT2D eigenvalue weighted by molar-refractivity contribution is 0.563. The van der Waals surface area contributed by atoms with E-state index in [1.165, 1.54) is 11.1 Å². The van der Waals surface area contributed by atoms with Crippen molar-refractivity contribution in [2.75, 3.05) is 0 Å². The third-order valence-electron chi connectivity index (χ3n) is 2.76. The van der Waals surface area contributed by atoms with Gasteiger partial charge >= 0.3 is 0 Å². The van der Waals surface area contributed by atoms with E-state index in [1.807, 2.05) is 5.51 Å². The summed E-state index contributed by atoms with van der Waals surface area (Å²) < 4.78 is 0. The van der Waals surface area contributed by atoms with Gasteiger partial charge in [-0.2, -0.15) is 0 Å². The second-order valence-electron chi connectivity index (χ2n) is 3.94. The summed E-state index contributed by atoms with van der Waals surface area (Å²) in [4.78, 5) is 4.31. The van der Waals surface area contributed by atoms with Crippen molar-refractivity contribution >= 4 is 11.3 Å². The normalized spacial score (nSPS) is 12.6. The molecule has 3 heteroatoms. The summed E-state index contributed by atoms with van der Waals surface area (Å²) in [6, 6.07) is 8.77. The third kappa shape index (κ3) is 2.68. The van der Waals surface area contributed by atoms with Crippen LogP contribution in [-0.4, -0.2) is 4.98 Å². The molecule has 0 fully saturated rings. The number of aromatic nitrogens is 1. The van der Waals surface area contributed by atoms with Gasteiger partial charge in [0.05, 0.1) is 11.2 Å². The molecule has 1 heterocycles. The van der Waals surface area contributed by atoms with E-state index in [-0.39, 0.29) is 0 Å². The minimum Gasteiger partial charge on any atom is -0.305 e. The summed E-state index contributed by atoms with van der Waals surface area (Å²) >= 11 is 1.64. The van der Waals surface area contributed by atoms with Gasteiger partial charge in [0.25, 0.3) is 0 Å². The lowest BCUT2D eigenvalue weighted by Crippen LogP contribution is -2.18. The summed E-state index contributed by atoms with van der Waals surface area (Å²) in [5.41, 5.74) is 5.69. The number of hydrogen-bond acceptors (Lipinski definition) is 3. The zero-order valence-corrected chi connectivity index (χ0v) is 10.4. The Balaban J connectivity index is 1.95. The summed E-state index contributed by atoms with van der Waals surface area (Å²) in [5, 5.41) is 5.58. The fraction of sp³-hybridized carbons (Fsp3) is 0.308. The lowest BCUT2D eigenvalue weighted by atomic mass is 10.1. The summed E-state index contributed by atoms with van der Waals surface area (Å²) in [6.07, 6.45) is 0. The van der Waals surface area contributed by atoms with E-state index in [4.69, 9.17) is 0 Å². The van der Waals surface area contributed by atoms with Crippen LogP contribution in [0.3, 0.4) is 0 Å². The van der Waals surface area contributed by atoms with Crippen molar-refractivity contribution in [2.24, 2.45) is 0 Å². The van der Waals surface area contributed by atoms with Crippen LogP contribution in [0.1, 0.15) is 29.8 Å². The number of thiazole rings is 1. The van der Waals surface area contributed by atoms with E-state index in [0.29, 0.717) is 6.04 Å². The highest BCUT2D eigenvalue weighted by atomic mass is 32.1. The van der Waals surface area contributed by atoms with Crippen LogP contribution in [0.2, 0.25) is 0 Å². The fourth-order valence-corrected chi connectivity index (χ4v) is 2.26. The van der Waals surface area contributed by atoms with Crippen molar-refractivity contribution in [2.45, 2.75) is 26.4 Å². The molecule has 1 N–H and O–H groups in total. The van der Waals surface area contributed by atoms with Crippen LogP contribution in [-0.2, 0) is 6.54 Å². The molecule has 0 bridgehead atoms. The minimum absolute atomic E-state index is 0.311. The van der Waals surface area contributed by atoms with E-state index >= 15 is 0 Å². The highest BCUT2D eigenvalue weighted by Gasteiger charge is 2.06. The van der Waals surface area contributed by atoms with Crippen molar-refractivity contribution in [1.82, 2.24) is 10.3 Å². The largest absolute Gasteiger partial charge is 0.305 e. The maximum Gasteiger partial charge on any atom is 0.0795 e. The van der Waals surface area contributed by atoms with Gasteiger partial charge in [-0.1, -0.05) is 24.3 Å². The topological polar surface area (TPSA) is 24.9 Å². The highest BCUT2D eigenvalue weighted by molar-refractivity contribution is 7.07. The Hall–Kier alpha value is -1.19. The number of nitrogens with one attached hydrogen (secondary N) is 1. The van der Waals surface area contributed by atoms with Crippen molar-refractivity contribution in [3.8, 4) is 0 Å². The molecule has 0 radical (unpaired) electrons. The van der Waals surface area contributed by atoms with Gasteiger partial charge in [-0.15, -0.1) is 11.3 Å². The Bertz CT molecular complexity index is 437. The Morgan fingerprint density at radius 1 is 1.38 bits per heavy atom. The van der Waals surface area contributed by atoms with Gasteiger partial charge in [0.15, 0.2) is 0 Å². The number of rotatable bonds is 4. The average molecular weight is 232 g/mol. The first-order valence-corrected chi connectivity index (χ1v) is 6.37. The molecule has 0 aliphatic rings. The molecule has 2 rings (SSSR count). The van der Waals surface area contributed by atoms with Gasteiger partial charge in [0.1, 0.15) is 0 Å². The third-order valence-corrected chi connectivity index (χ3v) is 3.36. The van der Waals surface area contributed by atoms with E-state index in [9.17, 15) is 0 Å². The van der Waals surface area contributed by atoms with Crippen molar-refractivity contribution in [3.05, 3.63) is 52.0 Å². The molecule has 0 aliphatic heterocycles. The smallest absolute Gasteiger partial charge is 0.0795 e. The number of hydrogen-bond donors (Lipinski definition) is 1. The lowest BCUT2D eigenvalue weighted by Gasteiger charge is -2.12. The van der Waals surface area contributed by atoms with Crippen LogP contribution in [0.4, 0.5) is 0 Å². The van der Waals surface area contributed by atoms with Crippen LogP contribution in [0.15, 0.2) is 35.2 Å². The van der Waals surface area contributed by atoms with Crippen LogP contribution in [0.25, 0.3) is 0 Å². The Morgan fingerprint density at radius 3 is 2.88 bits per heavy atom. The SMILES string of the molecule is Cc1ccccc1CNC(C)c1cscn1. The van der Waals surface area contributed by atoms with Gasteiger partial charge in [-0.25, -0.2) is 4.98 Å². The molecule has 0 amide bonds. The maximum absolute atomic E-state index is 4.31. The first kappa shape index (κ1) is 11.3. The van der Waals surface area contributed by atoms with E-state index in [2.05, 4.69) is 53.8 Å². The van der Waals surface area contributed by atoms with Gasteiger partial charge in [0, 0.05) is 18.0 Å². The molecule has 1 aromatic carbocycles. The van der Waals surface area contributed by atoms with Crippen molar-refractivity contribution in [1.29, 1.82) is 0 Å². The number of benzene rings is 1. The predicted molar refractivity (Wildman–Crippen MR) is 68.5 cm³/mol. The second-order valence-corrected chi connectivity index (χ2v) is 4.66. The first-order chi connectivity index (χ1) is 7.77. The molecule has 1 unspecified atom stereocenters. The quantitative estimate of drug-likeness (QED) is 0.875. The van der Waals surface area contributed by atoms with E-state index in [1.54, 1.807) is 11.3 Å². The monoisotopic (exact) mass is 232 g/mol. The predicted octanol–water partition coefficient (Wildman–Crippen LogP) is 3.30. The van der Waals surface area contributed by atoms with Crippen LogP contribution >= 0.6 is 11.3 Å². The van der Waals surface area contributed by atoms with Gasteiger partial charge < -0.3 is 5.32 Å². The molecule has 1 aromatic heterocycles. The van der Waals surface area contributed by atoms with Gasteiger partial charge in [-0.05, 0) is 25.0 Å². The number of nitrogens with zero attached hydrogens (tertiary/aromatic N) is 1. The zero-order chi connectivity index (χ0) is 11.4. The highest BCUT2D eigenvalue weighted by Crippen LogP contribution is 2.13. The summed E-state index contributed by atoms with van der Waals surface area (Å²) in [5.74, 6) is 0. The zero-order valence-electron chi connectivity index (χ0n) is 9.60. The molecule has 2 nitrogen and oxygen atoms in total. The molecule has 84 valence electrons. The van der Waals surface area contributed by atoms with Crippen LogP contribution < -0.4 is 5.32 Å². The summed E-state index contributed by atoms with van der Waals surface area (Å²) in [7, 11) is 0. The van der Waals surface area contributed by atoms with Gasteiger partial charge in [-0.3, -0.25) is 0 Å². The maximum atomic E-state index is 4.31. The molecule has 0 saturated heterocycles. The molecule has 0 aliphatic carbocycles. The second kappa shape index (κ2) is 5.23. The summed E-state index contributed by atoms with van der Waals surface area (Å²) in [6.45, 7) is 5.18. The Labute approximate surface area is 100 Å². The number of aryl methyl sites for hydroxylation is 1. The fourth-order valence-electron chi connectivity index (χ4n) is 1.61. The molecular formula is C13H16N2S. The molecule has 0 saturated carbocycles. The van der Waals surface area contributed by atoms with Gasteiger partial charge in [0.2, 0.25) is 0 Å². The molecule has 2 aromatic rings. The van der Waals surface area contributed by atoms with E-state index in [0.717, 1.165) is 12.2 Å². The Morgan fingerprint density at radius 2 is 2.19 bits per heavy atom. The van der Waals surface area contributed by atoms with Crippen LogP contribution in [0, 0.1) is 6.92 Å². The molecule has 1 atom stereocenters.